The lowest BCUT2D eigenvalue weighted by molar-refractivity contribution is 0.0499. The smallest absolute Gasteiger partial charge is 0.188 e. The van der Waals surface area contributed by atoms with E-state index in [0.29, 0.717) is 5.75 Å². The van der Waals surface area contributed by atoms with E-state index in [1.165, 1.54) is 0 Å². The van der Waals surface area contributed by atoms with Gasteiger partial charge in [-0.05, 0) is 31.9 Å². The lowest BCUT2D eigenvalue weighted by atomic mass is 10.5. The molecule has 0 aliphatic rings. The molecule has 0 atom stereocenters. The molecule has 5 heteroatoms. The van der Waals surface area contributed by atoms with Crippen LogP contribution in [0, 0.1) is 0 Å². The van der Waals surface area contributed by atoms with Crippen molar-refractivity contribution in [3.05, 3.63) is 21.3 Å². The average Bonchev–Trinajstić information content (AvgIpc) is 2.04. The summed E-state index contributed by atoms with van der Waals surface area (Å²) in [6, 6.07) is 0. The second-order valence-electron chi connectivity index (χ2n) is 1.98. The van der Waals surface area contributed by atoms with Crippen LogP contribution in [-0.4, -0.2) is 18.9 Å². The molecule has 3 nitrogen and oxygen atoms in total. The number of nitrogens with zero attached hydrogens (tertiary/aromatic N) is 1. The first-order valence-corrected chi connectivity index (χ1v) is 4.75. The molecule has 0 radical (unpaired) electrons. The van der Waals surface area contributed by atoms with Crippen molar-refractivity contribution in [3.63, 3.8) is 0 Å². The van der Waals surface area contributed by atoms with Gasteiger partial charge in [0.15, 0.2) is 12.5 Å². The minimum Gasteiger partial charge on any atom is -0.465 e. The zero-order chi connectivity index (χ0) is 8.97. The first-order chi connectivity index (χ1) is 5.75. The van der Waals surface area contributed by atoms with Crippen LogP contribution in [0.2, 0.25) is 0 Å². The highest BCUT2D eigenvalue weighted by molar-refractivity contribution is 9.11. The Morgan fingerprint density at radius 1 is 1.33 bits per heavy atom. The number of hydrogen-bond acceptors (Lipinski definition) is 3. The van der Waals surface area contributed by atoms with Gasteiger partial charge in [0.25, 0.3) is 0 Å². The molecule has 1 aromatic heterocycles. The SMILES string of the molecule is COCOc1c(Br)cncc1Br. The lowest BCUT2D eigenvalue weighted by Crippen LogP contribution is -2.00. The van der Waals surface area contributed by atoms with Gasteiger partial charge in [0.2, 0.25) is 0 Å². The van der Waals surface area contributed by atoms with Crippen molar-refractivity contribution >= 4 is 31.9 Å². The van der Waals surface area contributed by atoms with Gasteiger partial charge in [-0.2, -0.15) is 0 Å². The van der Waals surface area contributed by atoms with E-state index in [2.05, 4.69) is 36.8 Å². The number of pyridine rings is 1. The van der Waals surface area contributed by atoms with Crippen LogP contribution in [0.5, 0.6) is 5.75 Å². The Hall–Kier alpha value is -0.130. The van der Waals surface area contributed by atoms with E-state index < -0.39 is 0 Å². The average molecular weight is 297 g/mol. The summed E-state index contributed by atoms with van der Waals surface area (Å²) in [5.41, 5.74) is 0. The molecule has 0 aliphatic heterocycles. The van der Waals surface area contributed by atoms with Crippen LogP contribution < -0.4 is 4.74 Å². The summed E-state index contributed by atoms with van der Waals surface area (Å²) in [6.07, 6.45) is 3.32. The van der Waals surface area contributed by atoms with Crippen LogP contribution in [0.1, 0.15) is 0 Å². The zero-order valence-corrected chi connectivity index (χ0v) is 9.55. The number of methoxy groups -OCH3 is 1. The van der Waals surface area contributed by atoms with Crippen molar-refractivity contribution in [1.82, 2.24) is 4.98 Å². The first-order valence-electron chi connectivity index (χ1n) is 3.16. The predicted molar refractivity (Wildman–Crippen MR) is 52.1 cm³/mol. The van der Waals surface area contributed by atoms with Crippen molar-refractivity contribution in [1.29, 1.82) is 0 Å². The summed E-state index contributed by atoms with van der Waals surface area (Å²) in [5.74, 6) is 0.701. The Morgan fingerprint density at radius 2 is 1.92 bits per heavy atom. The highest BCUT2D eigenvalue weighted by atomic mass is 79.9. The molecule has 0 saturated heterocycles. The molecular weight excluding hydrogens is 290 g/mol. The molecular formula is C7H7Br2NO2. The summed E-state index contributed by atoms with van der Waals surface area (Å²) in [6.45, 7) is 0.223. The van der Waals surface area contributed by atoms with Gasteiger partial charge >= 0.3 is 0 Å². The van der Waals surface area contributed by atoms with Crippen molar-refractivity contribution in [2.75, 3.05) is 13.9 Å². The van der Waals surface area contributed by atoms with Gasteiger partial charge in [-0.3, -0.25) is 4.98 Å². The van der Waals surface area contributed by atoms with E-state index in [0.717, 1.165) is 8.95 Å². The van der Waals surface area contributed by atoms with E-state index in [9.17, 15) is 0 Å². The van der Waals surface area contributed by atoms with E-state index >= 15 is 0 Å². The largest absolute Gasteiger partial charge is 0.465 e. The number of aromatic nitrogens is 1. The van der Waals surface area contributed by atoms with Gasteiger partial charge in [-0.15, -0.1) is 0 Å². The van der Waals surface area contributed by atoms with Crippen LogP contribution in [0.25, 0.3) is 0 Å². The lowest BCUT2D eigenvalue weighted by Gasteiger charge is -2.07. The molecule has 0 amide bonds. The second kappa shape index (κ2) is 4.79. The van der Waals surface area contributed by atoms with Gasteiger partial charge in [0.1, 0.15) is 0 Å². The fraction of sp³-hybridized carbons (Fsp3) is 0.286. The van der Waals surface area contributed by atoms with Crippen LogP contribution in [0.4, 0.5) is 0 Å². The maximum absolute atomic E-state index is 5.26. The number of hydrogen-bond donors (Lipinski definition) is 0. The van der Waals surface area contributed by atoms with Crippen molar-refractivity contribution in [2.45, 2.75) is 0 Å². The van der Waals surface area contributed by atoms with Crippen molar-refractivity contribution in [2.24, 2.45) is 0 Å². The number of rotatable bonds is 3. The van der Waals surface area contributed by atoms with Crippen molar-refractivity contribution < 1.29 is 9.47 Å². The molecule has 12 heavy (non-hydrogen) atoms. The molecule has 1 aromatic rings. The van der Waals surface area contributed by atoms with E-state index in [1.807, 2.05) is 0 Å². The molecule has 0 aliphatic carbocycles. The predicted octanol–water partition coefficient (Wildman–Crippen LogP) is 2.59. The van der Waals surface area contributed by atoms with Gasteiger partial charge in [0.05, 0.1) is 8.95 Å². The highest BCUT2D eigenvalue weighted by Gasteiger charge is 2.05. The summed E-state index contributed by atoms with van der Waals surface area (Å²) in [4.78, 5) is 3.94. The Morgan fingerprint density at radius 3 is 2.42 bits per heavy atom. The quantitative estimate of drug-likeness (QED) is 0.804. The minimum absolute atomic E-state index is 0.223. The van der Waals surface area contributed by atoms with E-state index in [-0.39, 0.29) is 6.79 Å². The zero-order valence-electron chi connectivity index (χ0n) is 6.38. The normalized spacial score (nSPS) is 9.92. The standard InChI is InChI=1S/C7H7Br2NO2/c1-11-4-12-7-5(8)2-10-3-6(7)9/h2-3H,4H2,1H3. The number of halogens is 2. The Labute approximate surface area is 87.3 Å². The summed E-state index contributed by atoms with van der Waals surface area (Å²) in [5, 5.41) is 0. The van der Waals surface area contributed by atoms with Gasteiger partial charge in [0, 0.05) is 19.5 Å². The third kappa shape index (κ3) is 2.43. The Bertz CT molecular complexity index is 247. The van der Waals surface area contributed by atoms with Crippen LogP contribution in [0.15, 0.2) is 21.3 Å². The highest BCUT2D eigenvalue weighted by Crippen LogP contribution is 2.31. The molecule has 0 N–H and O–H groups in total. The Balaban J connectivity index is 2.81. The maximum atomic E-state index is 5.26. The third-order valence-electron chi connectivity index (χ3n) is 1.13. The number of ether oxygens (including phenoxy) is 2. The summed E-state index contributed by atoms with van der Waals surface area (Å²) >= 11 is 6.61. The monoisotopic (exact) mass is 295 g/mol. The second-order valence-corrected chi connectivity index (χ2v) is 3.69. The molecule has 0 spiro atoms. The fourth-order valence-corrected chi connectivity index (χ4v) is 1.81. The molecule has 0 aromatic carbocycles. The molecule has 0 unspecified atom stereocenters. The van der Waals surface area contributed by atoms with Crippen molar-refractivity contribution in [3.8, 4) is 5.75 Å². The molecule has 0 saturated carbocycles. The first kappa shape index (κ1) is 9.95. The minimum atomic E-state index is 0.223. The third-order valence-corrected chi connectivity index (χ3v) is 2.26. The molecule has 1 rings (SSSR count). The maximum Gasteiger partial charge on any atom is 0.188 e. The van der Waals surface area contributed by atoms with Gasteiger partial charge < -0.3 is 9.47 Å². The molecule has 66 valence electrons. The topological polar surface area (TPSA) is 31.4 Å². The van der Waals surface area contributed by atoms with Crippen LogP contribution >= 0.6 is 31.9 Å². The van der Waals surface area contributed by atoms with Crippen LogP contribution in [0.3, 0.4) is 0 Å². The Kier molecular flexibility index (Phi) is 3.97. The molecule has 0 fully saturated rings. The fourth-order valence-electron chi connectivity index (χ4n) is 0.655. The van der Waals surface area contributed by atoms with Gasteiger partial charge in [-0.1, -0.05) is 0 Å². The van der Waals surface area contributed by atoms with E-state index in [1.54, 1.807) is 19.5 Å². The summed E-state index contributed by atoms with van der Waals surface area (Å²) < 4.78 is 11.6. The van der Waals surface area contributed by atoms with Gasteiger partial charge in [-0.25, -0.2) is 0 Å². The van der Waals surface area contributed by atoms with Crippen LogP contribution in [-0.2, 0) is 4.74 Å². The summed E-state index contributed by atoms with van der Waals surface area (Å²) in [7, 11) is 1.57. The molecule has 1 heterocycles. The molecule has 0 bridgehead atoms. The van der Waals surface area contributed by atoms with E-state index in [4.69, 9.17) is 9.47 Å².